The van der Waals surface area contributed by atoms with Gasteiger partial charge in [-0.25, -0.2) is 0 Å². The lowest BCUT2D eigenvalue weighted by Gasteiger charge is -1.96. The Hall–Kier alpha value is -1.95. The third kappa shape index (κ3) is 10.6. The number of nitrogens with zero attached hydrogens (tertiary/aromatic N) is 1. The van der Waals surface area contributed by atoms with Gasteiger partial charge < -0.3 is 15.5 Å². The van der Waals surface area contributed by atoms with E-state index in [0.29, 0.717) is 0 Å². The molecule has 0 fully saturated rings. The summed E-state index contributed by atoms with van der Waals surface area (Å²) in [6, 6.07) is 5.98. The molecule has 0 aromatic carbocycles. The first-order valence-electron chi connectivity index (χ1n) is 5.54. The van der Waals surface area contributed by atoms with Gasteiger partial charge >= 0.3 is 11.9 Å². The van der Waals surface area contributed by atoms with Crippen molar-refractivity contribution in [2.24, 2.45) is 0 Å². The fraction of sp³-hybridized carbons (Fsp3) is 0.417. The molecule has 0 spiro atoms. The van der Waals surface area contributed by atoms with Crippen LogP contribution in [0.3, 0.4) is 0 Å². The molecule has 1 aromatic rings. The van der Waals surface area contributed by atoms with Crippen LogP contribution in [-0.4, -0.2) is 40.7 Å². The molecule has 0 amide bonds. The van der Waals surface area contributed by atoms with Gasteiger partial charge in [0.05, 0.1) is 12.8 Å². The molecule has 0 aliphatic heterocycles. The zero-order valence-corrected chi connectivity index (χ0v) is 10.3. The second-order valence-electron chi connectivity index (χ2n) is 3.46. The summed E-state index contributed by atoms with van der Waals surface area (Å²) >= 11 is 0. The van der Waals surface area contributed by atoms with Crippen LogP contribution in [0.5, 0.6) is 0 Å². The summed E-state index contributed by atoms with van der Waals surface area (Å²) in [5, 5.41) is 18.9. The maximum absolute atomic E-state index is 9.64. The topological polar surface area (TPSA) is 99.5 Å². The Kier molecular flexibility index (Phi) is 9.11. The van der Waals surface area contributed by atoms with Crippen LogP contribution in [0.1, 0.15) is 18.5 Å². The van der Waals surface area contributed by atoms with E-state index in [2.05, 4.69) is 10.3 Å². The summed E-state index contributed by atoms with van der Waals surface area (Å²) in [4.78, 5) is 23.5. The van der Waals surface area contributed by atoms with E-state index < -0.39 is 11.9 Å². The number of aromatic nitrogens is 1. The largest absolute Gasteiger partial charge is 0.481 e. The van der Waals surface area contributed by atoms with Crippen molar-refractivity contribution in [1.29, 1.82) is 0 Å². The first-order valence-corrected chi connectivity index (χ1v) is 5.54. The van der Waals surface area contributed by atoms with Crippen LogP contribution in [0.4, 0.5) is 0 Å². The second kappa shape index (κ2) is 10.2. The Balaban J connectivity index is 0.000000331. The van der Waals surface area contributed by atoms with Gasteiger partial charge in [0.15, 0.2) is 0 Å². The minimum Gasteiger partial charge on any atom is -0.481 e. The number of carboxylic acids is 2. The highest BCUT2D eigenvalue weighted by atomic mass is 16.4. The van der Waals surface area contributed by atoms with E-state index in [1.165, 1.54) is 0 Å². The van der Waals surface area contributed by atoms with Gasteiger partial charge in [0, 0.05) is 24.9 Å². The van der Waals surface area contributed by atoms with E-state index in [-0.39, 0.29) is 12.8 Å². The van der Waals surface area contributed by atoms with E-state index in [1.54, 1.807) is 0 Å². The number of carbonyl (C=O) groups is 2. The van der Waals surface area contributed by atoms with Gasteiger partial charge in [-0.2, -0.15) is 0 Å². The minimum atomic E-state index is -1.08. The molecule has 0 aliphatic rings. The SMILES string of the molecule is CNCCc1ccccn1.O=C(O)CCC(=O)O. The Bertz CT molecular complexity index is 340. The summed E-state index contributed by atoms with van der Waals surface area (Å²) in [6.07, 6.45) is 2.24. The van der Waals surface area contributed by atoms with Crippen LogP contribution in [-0.2, 0) is 16.0 Å². The van der Waals surface area contributed by atoms with Crippen molar-refractivity contribution in [2.45, 2.75) is 19.3 Å². The lowest BCUT2D eigenvalue weighted by atomic mass is 10.3. The number of carboxylic acid groups (broad SMARTS) is 2. The smallest absolute Gasteiger partial charge is 0.303 e. The van der Waals surface area contributed by atoms with Crippen LogP contribution >= 0.6 is 0 Å². The summed E-state index contributed by atoms with van der Waals surface area (Å²) in [5.41, 5.74) is 1.15. The number of pyridine rings is 1. The van der Waals surface area contributed by atoms with Crippen LogP contribution in [0.25, 0.3) is 0 Å². The predicted octanol–water partition coefficient (Wildman–Crippen LogP) is 0.779. The molecule has 0 radical (unpaired) electrons. The lowest BCUT2D eigenvalue weighted by molar-refractivity contribution is -0.143. The minimum absolute atomic E-state index is 0.296. The standard InChI is InChI=1S/C8H12N2.C4H6O4/c1-9-7-5-8-4-2-3-6-10-8;5-3(6)1-2-4(7)8/h2-4,6,9H,5,7H2,1H3;1-2H2,(H,5,6)(H,7,8). The molecule has 0 bridgehead atoms. The maximum atomic E-state index is 9.64. The molecule has 0 aliphatic carbocycles. The molecule has 100 valence electrons. The van der Waals surface area contributed by atoms with Crippen LogP contribution < -0.4 is 5.32 Å². The number of hydrogen-bond donors (Lipinski definition) is 3. The highest BCUT2D eigenvalue weighted by Crippen LogP contribution is 1.92. The van der Waals surface area contributed by atoms with Crippen molar-refractivity contribution < 1.29 is 19.8 Å². The fourth-order valence-electron chi connectivity index (χ4n) is 1.01. The van der Waals surface area contributed by atoms with Gasteiger partial charge in [-0.05, 0) is 19.2 Å². The molecule has 6 heteroatoms. The van der Waals surface area contributed by atoms with E-state index in [9.17, 15) is 9.59 Å². The maximum Gasteiger partial charge on any atom is 0.303 e. The monoisotopic (exact) mass is 254 g/mol. The molecule has 0 saturated carbocycles. The zero-order valence-electron chi connectivity index (χ0n) is 10.3. The highest BCUT2D eigenvalue weighted by molar-refractivity contribution is 5.75. The van der Waals surface area contributed by atoms with Crippen molar-refractivity contribution in [3.05, 3.63) is 30.1 Å². The third-order valence-corrected chi connectivity index (χ3v) is 1.91. The number of nitrogens with one attached hydrogen (secondary N) is 1. The number of aliphatic carboxylic acids is 2. The lowest BCUT2D eigenvalue weighted by Crippen LogP contribution is -2.10. The average molecular weight is 254 g/mol. The van der Waals surface area contributed by atoms with Crippen molar-refractivity contribution >= 4 is 11.9 Å². The molecule has 1 aromatic heterocycles. The second-order valence-corrected chi connectivity index (χ2v) is 3.46. The van der Waals surface area contributed by atoms with Crippen LogP contribution in [0.15, 0.2) is 24.4 Å². The molecule has 6 nitrogen and oxygen atoms in total. The molecular formula is C12H18N2O4. The first kappa shape index (κ1) is 16.1. The molecule has 0 unspecified atom stereocenters. The van der Waals surface area contributed by atoms with E-state index in [0.717, 1.165) is 18.7 Å². The molecule has 0 saturated heterocycles. The Labute approximate surface area is 106 Å². The Morgan fingerprint density at radius 3 is 2.22 bits per heavy atom. The third-order valence-electron chi connectivity index (χ3n) is 1.91. The highest BCUT2D eigenvalue weighted by Gasteiger charge is 2.00. The van der Waals surface area contributed by atoms with Gasteiger partial charge in [-0.3, -0.25) is 14.6 Å². The zero-order chi connectivity index (χ0) is 13.8. The van der Waals surface area contributed by atoms with Crippen molar-refractivity contribution in [2.75, 3.05) is 13.6 Å². The van der Waals surface area contributed by atoms with E-state index in [4.69, 9.17) is 10.2 Å². The molecule has 18 heavy (non-hydrogen) atoms. The predicted molar refractivity (Wildman–Crippen MR) is 66.4 cm³/mol. The number of hydrogen-bond acceptors (Lipinski definition) is 4. The van der Waals surface area contributed by atoms with E-state index >= 15 is 0 Å². The van der Waals surface area contributed by atoms with Gasteiger partial charge in [0.25, 0.3) is 0 Å². The van der Waals surface area contributed by atoms with Gasteiger partial charge in [0.1, 0.15) is 0 Å². The summed E-state index contributed by atoms with van der Waals surface area (Å²) in [7, 11) is 1.95. The fourth-order valence-corrected chi connectivity index (χ4v) is 1.01. The van der Waals surface area contributed by atoms with Crippen molar-refractivity contribution in [3.8, 4) is 0 Å². The van der Waals surface area contributed by atoms with Crippen LogP contribution in [0.2, 0.25) is 0 Å². The first-order chi connectivity index (χ1) is 8.56. The number of rotatable bonds is 6. The Morgan fingerprint density at radius 2 is 1.83 bits per heavy atom. The summed E-state index contributed by atoms with van der Waals surface area (Å²) in [6.45, 7) is 0.997. The van der Waals surface area contributed by atoms with Crippen LogP contribution in [0, 0.1) is 0 Å². The number of likely N-dealkylation sites (N-methyl/N-ethyl adjacent to an activating group) is 1. The molecule has 1 heterocycles. The molecular weight excluding hydrogens is 236 g/mol. The molecule has 3 N–H and O–H groups in total. The van der Waals surface area contributed by atoms with Gasteiger partial charge in [-0.1, -0.05) is 6.07 Å². The van der Waals surface area contributed by atoms with Gasteiger partial charge in [-0.15, -0.1) is 0 Å². The quantitative estimate of drug-likeness (QED) is 0.693. The normalized spacial score (nSPS) is 9.17. The molecule has 0 atom stereocenters. The summed E-state index contributed by atoms with van der Waals surface area (Å²) in [5.74, 6) is -2.15. The van der Waals surface area contributed by atoms with Crippen molar-refractivity contribution in [3.63, 3.8) is 0 Å². The van der Waals surface area contributed by atoms with E-state index in [1.807, 2.05) is 31.4 Å². The molecule has 1 rings (SSSR count). The average Bonchev–Trinajstić information content (AvgIpc) is 2.36. The Morgan fingerprint density at radius 1 is 1.22 bits per heavy atom. The summed E-state index contributed by atoms with van der Waals surface area (Å²) < 4.78 is 0. The van der Waals surface area contributed by atoms with Gasteiger partial charge in [0.2, 0.25) is 0 Å². The van der Waals surface area contributed by atoms with Crippen molar-refractivity contribution in [1.82, 2.24) is 10.3 Å².